The van der Waals surface area contributed by atoms with Gasteiger partial charge in [-0.1, -0.05) is 0 Å². The molecule has 0 saturated carbocycles. The maximum atomic E-state index is 12.2. The quantitative estimate of drug-likeness (QED) is 0.675. The molecule has 0 spiro atoms. The molecule has 2 heterocycles. The van der Waals surface area contributed by atoms with Gasteiger partial charge in [-0.3, -0.25) is 0 Å². The third-order valence-corrected chi connectivity index (χ3v) is 3.36. The molecule has 2 rings (SSSR count). The van der Waals surface area contributed by atoms with E-state index in [-0.39, 0.29) is 0 Å². The van der Waals surface area contributed by atoms with Crippen molar-refractivity contribution in [3.8, 4) is 0 Å². The minimum absolute atomic E-state index is 0.397. The van der Waals surface area contributed by atoms with Crippen molar-refractivity contribution in [3.05, 3.63) is 33.4 Å². The van der Waals surface area contributed by atoms with Gasteiger partial charge >= 0.3 is 5.63 Å². The summed E-state index contributed by atoms with van der Waals surface area (Å²) in [5.41, 5.74) is -0.641. The lowest BCUT2D eigenvalue weighted by Gasteiger charge is -2.31. The number of hydrogen-bond donors (Lipinski definition) is 0. The monoisotopic (exact) mass is 222 g/mol. The summed E-state index contributed by atoms with van der Waals surface area (Å²) in [5, 5.41) is 13.2. The van der Waals surface area contributed by atoms with Crippen LogP contribution in [0.3, 0.4) is 0 Å². The summed E-state index contributed by atoms with van der Waals surface area (Å²) in [6.07, 6.45) is 0. The van der Waals surface area contributed by atoms with Gasteiger partial charge in [0.25, 0.3) is 0 Å². The highest BCUT2D eigenvalue weighted by molar-refractivity contribution is 5.40. The zero-order chi connectivity index (χ0) is 12.3. The Labute approximate surface area is 94.5 Å². The van der Waals surface area contributed by atoms with Crippen LogP contribution < -0.4 is 5.63 Å². The highest BCUT2D eigenvalue weighted by Gasteiger charge is 2.52. The van der Waals surface area contributed by atoms with E-state index in [0.29, 0.717) is 11.3 Å². The highest BCUT2D eigenvalue weighted by atomic mass is 16.5. The molecular formula is C12H16NO3. The first-order chi connectivity index (χ1) is 7.19. The fourth-order valence-electron chi connectivity index (χ4n) is 2.58. The predicted molar refractivity (Wildman–Crippen MR) is 58.3 cm³/mol. The first-order valence-electron chi connectivity index (χ1n) is 5.32. The smallest absolute Gasteiger partial charge is 0.341 e. The Bertz CT molecular complexity index is 499. The van der Waals surface area contributed by atoms with E-state index in [9.17, 15) is 10.0 Å². The Morgan fingerprint density at radius 1 is 1.19 bits per heavy atom. The van der Waals surface area contributed by atoms with Crippen molar-refractivity contribution in [1.82, 2.24) is 5.06 Å². The Hall–Kier alpha value is -1.13. The average Bonchev–Trinajstić information content (AvgIpc) is 2.25. The number of hydrogen-bond acceptors (Lipinski definition) is 3. The fraction of sp³-hybridized carbons (Fsp3) is 0.583. The second-order valence-electron chi connectivity index (χ2n) is 5.35. The lowest BCUT2D eigenvalue weighted by Crippen LogP contribution is -2.42. The molecule has 1 aliphatic heterocycles. The average molecular weight is 222 g/mol. The highest BCUT2D eigenvalue weighted by Crippen LogP contribution is 2.46. The zero-order valence-electron chi connectivity index (χ0n) is 10.2. The summed E-state index contributed by atoms with van der Waals surface area (Å²) in [7, 11) is 0. The van der Waals surface area contributed by atoms with E-state index in [0.717, 1.165) is 10.6 Å². The van der Waals surface area contributed by atoms with E-state index >= 15 is 0 Å². The number of nitrogens with zero attached hydrogens (tertiary/aromatic N) is 1. The van der Waals surface area contributed by atoms with Crippen LogP contribution in [0.1, 0.15) is 44.6 Å². The Balaban J connectivity index is 2.86. The fourth-order valence-corrected chi connectivity index (χ4v) is 2.58. The van der Waals surface area contributed by atoms with E-state index in [2.05, 4.69) is 0 Å². The third kappa shape index (κ3) is 1.20. The van der Waals surface area contributed by atoms with Crippen molar-refractivity contribution in [2.75, 3.05) is 0 Å². The van der Waals surface area contributed by atoms with Gasteiger partial charge in [0.1, 0.15) is 5.76 Å². The topological polar surface area (TPSA) is 53.4 Å². The second kappa shape index (κ2) is 2.96. The minimum atomic E-state index is -0.826. The van der Waals surface area contributed by atoms with Crippen molar-refractivity contribution in [2.45, 2.75) is 45.7 Å². The summed E-state index contributed by atoms with van der Waals surface area (Å²) in [5.74, 6) is 0.544. The van der Waals surface area contributed by atoms with Crippen LogP contribution in [0.4, 0.5) is 0 Å². The summed E-state index contributed by atoms with van der Waals surface area (Å²) in [6, 6.07) is 1.79. The minimum Gasteiger partial charge on any atom is -0.428 e. The molecule has 87 valence electrons. The molecule has 0 fully saturated rings. The molecular weight excluding hydrogens is 206 g/mol. The van der Waals surface area contributed by atoms with Crippen LogP contribution in [-0.2, 0) is 16.3 Å². The van der Waals surface area contributed by atoms with Crippen LogP contribution >= 0.6 is 0 Å². The molecule has 0 saturated heterocycles. The van der Waals surface area contributed by atoms with Gasteiger partial charge in [-0.2, -0.15) is 0 Å². The van der Waals surface area contributed by atoms with E-state index in [1.54, 1.807) is 26.8 Å². The summed E-state index contributed by atoms with van der Waals surface area (Å²) >= 11 is 0. The van der Waals surface area contributed by atoms with Crippen LogP contribution in [0.25, 0.3) is 0 Å². The SMILES string of the molecule is Cc1cc2c(c(=O)o1)C(C)(C)N([O])C2(C)C. The van der Waals surface area contributed by atoms with Crippen LogP contribution in [0.2, 0.25) is 0 Å². The number of aryl methyl sites for hydroxylation is 1. The van der Waals surface area contributed by atoms with Crippen LogP contribution in [-0.4, -0.2) is 5.06 Å². The molecule has 1 radical (unpaired) electrons. The van der Waals surface area contributed by atoms with Crippen molar-refractivity contribution in [1.29, 1.82) is 0 Å². The summed E-state index contributed by atoms with van der Waals surface area (Å²) in [6.45, 7) is 8.87. The lowest BCUT2D eigenvalue weighted by molar-refractivity contribution is -0.266. The van der Waals surface area contributed by atoms with Crippen molar-refractivity contribution >= 4 is 0 Å². The number of fused-ring (bicyclic) bond motifs is 1. The second-order valence-corrected chi connectivity index (χ2v) is 5.35. The largest absolute Gasteiger partial charge is 0.428 e. The van der Waals surface area contributed by atoms with Crippen LogP contribution in [0, 0.1) is 6.92 Å². The van der Waals surface area contributed by atoms with Crippen molar-refractivity contribution < 1.29 is 9.62 Å². The van der Waals surface area contributed by atoms with Crippen LogP contribution in [0.5, 0.6) is 0 Å². The van der Waals surface area contributed by atoms with Gasteiger partial charge in [-0.05, 0) is 46.2 Å². The van der Waals surface area contributed by atoms with Crippen LogP contribution in [0.15, 0.2) is 15.3 Å². The molecule has 4 nitrogen and oxygen atoms in total. The van der Waals surface area contributed by atoms with Gasteiger partial charge in [0, 0.05) is 0 Å². The van der Waals surface area contributed by atoms with E-state index in [1.807, 2.05) is 13.8 Å². The molecule has 0 aromatic carbocycles. The predicted octanol–water partition coefficient (Wildman–Crippen LogP) is 2.08. The molecule has 1 aliphatic rings. The zero-order valence-corrected chi connectivity index (χ0v) is 10.2. The number of rotatable bonds is 0. The first-order valence-corrected chi connectivity index (χ1v) is 5.32. The molecule has 0 aliphatic carbocycles. The number of hydroxylamine groups is 2. The van der Waals surface area contributed by atoms with Gasteiger partial charge in [-0.15, -0.1) is 10.3 Å². The molecule has 0 N–H and O–H groups in total. The summed E-state index contributed by atoms with van der Waals surface area (Å²) in [4.78, 5) is 11.8. The Kier molecular flexibility index (Phi) is 2.10. The molecule has 0 atom stereocenters. The summed E-state index contributed by atoms with van der Waals surface area (Å²) < 4.78 is 5.08. The first kappa shape index (κ1) is 11.4. The Morgan fingerprint density at radius 2 is 1.75 bits per heavy atom. The van der Waals surface area contributed by atoms with Gasteiger partial charge < -0.3 is 4.42 Å². The maximum Gasteiger partial charge on any atom is 0.341 e. The normalized spacial score (nSPS) is 22.1. The Morgan fingerprint density at radius 3 is 2.31 bits per heavy atom. The van der Waals surface area contributed by atoms with E-state index in [1.165, 1.54) is 0 Å². The van der Waals surface area contributed by atoms with Crippen molar-refractivity contribution in [2.24, 2.45) is 0 Å². The molecule has 0 amide bonds. The van der Waals surface area contributed by atoms with Gasteiger partial charge in [-0.25, -0.2) is 4.79 Å². The van der Waals surface area contributed by atoms with Gasteiger partial charge in [0.05, 0.1) is 16.6 Å². The van der Waals surface area contributed by atoms with Gasteiger partial charge in [0.2, 0.25) is 0 Å². The van der Waals surface area contributed by atoms with Gasteiger partial charge in [0.15, 0.2) is 0 Å². The lowest BCUT2D eigenvalue weighted by atomic mass is 9.92. The third-order valence-electron chi connectivity index (χ3n) is 3.36. The van der Waals surface area contributed by atoms with Crippen molar-refractivity contribution in [3.63, 3.8) is 0 Å². The molecule has 4 heteroatoms. The van der Waals surface area contributed by atoms with E-state index in [4.69, 9.17) is 4.42 Å². The standard InChI is InChI=1S/C12H16NO3/c1-7-6-8-9(10(14)16-7)12(4,5)13(15)11(8,2)3/h6H,1-5H3. The van der Waals surface area contributed by atoms with E-state index < -0.39 is 16.7 Å². The molecule has 16 heavy (non-hydrogen) atoms. The maximum absolute atomic E-state index is 12.2. The molecule has 0 bridgehead atoms. The molecule has 0 unspecified atom stereocenters. The molecule has 1 aromatic heterocycles. The molecule has 1 aromatic rings.